The molecule has 0 atom stereocenters. The van der Waals surface area contributed by atoms with Crippen LogP contribution in [0.4, 0.5) is 17.3 Å². The number of rotatable bonds is 3. The molecule has 1 aromatic heterocycles. The summed E-state index contributed by atoms with van der Waals surface area (Å²) in [4.78, 5) is 12.6. The molecule has 0 unspecified atom stereocenters. The number of fused-ring (bicyclic) bond motifs is 1. The monoisotopic (exact) mass is 412 g/mol. The van der Waals surface area contributed by atoms with Crippen LogP contribution in [0.1, 0.15) is 17.3 Å². The molecule has 152 valence electrons. The van der Waals surface area contributed by atoms with E-state index >= 15 is 0 Å². The Morgan fingerprint density at radius 1 is 0.800 bits per heavy atom. The molecular formula is C22H17BF4N2O. The molecule has 4 aromatic rings. The number of hydrogen-bond donors (Lipinski definition) is 0. The van der Waals surface area contributed by atoms with E-state index in [1.54, 1.807) is 6.92 Å². The first-order valence-electron chi connectivity index (χ1n) is 9.10. The van der Waals surface area contributed by atoms with Gasteiger partial charge in [-0.1, -0.05) is 54.6 Å². The highest BCUT2D eigenvalue weighted by Gasteiger charge is 2.28. The van der Waals surface area contributed by atoms with Crippen molar-refractivity contribution in [2.24, 2.45) is 0 Å². The summed E-state index contributed by atoms with van der Waals surface area (Å²) < 4.78 is 40.9. The lowest BCUT2D eigenvalue weighted by atomic mass is 9.98. The molecule has 4 rings (SSSR count). The predicted molar refractivity (Wildman–Crippen MR) is 109 cm³/mol. The SMILES string of the molecule is CC(=O)c1c(-c2ccccc2)[n+](-c2ccccc2)nc2ccccc12.F[B-](F)(F)F. The maximum absolute atomic E-state index is 12.6. The van der Waals surface area contributed by atoms with Gasteiger partial charge in [-0.3, -0.25) is 4.79 Å². The average molecular weight is 412 g/mol. The lowest BCUT2D eigenvalue weighted by Gasteiger charge is -2.09. The lowest BCUT2D eigenvalue weighted by molar-refractivity contribution is -0.646. The van der Waals surface area contributed by atoms with Gasteiger partial charge in [0, 0.05) is 28.2 Å². The van der Waals surface area contributed by atoms with Crippen molar-refractivity contribution in [2.75, 3.05) is 0 Å². The number of hydrogen-bond acceptors (Lipinski definition) is 2. The van der Waals surface area contributed by atoms with Crippen LogP contribution in [0.25, 0.3) is 27.8 Å². The van der Waals surface area contributed by atoms with E-state index in [1.807, 2.05) is 89.6 Å². The summed E-state index contributed by atoms with van der Waals surface area (Å²) in [5, 5.41) is 5.71. The van der Waals surface area contributed by atoms with Crippen LogP contribution in [-0.4, -0.2) is 18.1 Å². The largest absolute Gasteiger partial charge is 0.673 e. The van der Waals surface area contributed by atoms with Gasteiger partial charge in [-0.05, 0) is 29.8 Å². The van der Waals surface area contributed by atoms with E-state index in [9.17, 15) is 22.1 Å². The molecule has 0 aliphatic heterocycles. The van der Waals surface area contributed by atoms with Crippen LogP contribution in [0.2, 0.25) is 0 Å². The number of ketones is 1. The van der Waals surface area contributed by atoms with Crippen LogP contribution < -0.4 is 4.68 Å². The molecule has 30 heavy (non-hydrogen) atoms. The number of para-hydroxylation sites is 1. The summed E-state index contributed by atoms with van der Waals surface area (Å²) in [6, 6.07) is 27.6. The van der Waals surface area contributed by atoms with E-state index in [-0.39, 0.29) is 5.78 Å². The Bertz CT molecular complexity index is 1160. The van der Waals surface area contributed by atoms with Gasteiger partial charge in [0.1, 0.15) is 11.1 Å². The molecule has 3 aromatic carbocycles. The third-order valence-electron chi connectivity index (χ3n) is 4.23. The molecular weight excluding hydrogens is 395 g/mol. The van der Waals surface area contributed by atoms with Crippen LogP contribution in [-0.2, 0) is 0 Å². The topological polar surface area (TPSA) is 33.8 Å². The molecule has 0 amide bonds. The molecule has 0 radical (unpaired) electrons. The van der Waals surface area contributed by atoms with Gasteiger partial charge in [-0.25, -0.2) is 0 Å². The first kappa shape index (κ1) is 21.2. The molecule has 0 spiro atoms. The molecule has 8 heteroatoms. The maximum Gasteiger partial charge on any atom is 0.673 e. The van der Waals surface area contributed by atoms with Crippen LogP contribution in [0, 0.1) is 0 Å². The summed E-state index contributed by atoms with van der Waals surface area (Å²) in [7, 11) is -6.00. The van der Waals surface area contributed by atoms with E-state index in [4.69, 9.17) is 5.10 Å². The Kier molecular flexibility index (Phi) is 6.25. The molecule has 0 saturated heterocycles. The van der Waals surface area contributed by atoms with Crippen LogP contribution in [0.15, 0.2) is 84.9 Å². The van der Waals surface area contributed by atoms with Gasteiger partial charge in [-0.2, -0.15) is 0 Å². The molecule has 0 fully saturated rings. The Balaban J connectivity index is 0.000000461. The van der Waals surface area contributed by atoms with E-state index in [1.165, 1.54) is 0 Å². The summed E-state index contributed by atoms with van der Waals surface area (Å²) in [5.74, 6) is 0.0298. The minimum atomic E-state index is -6.00. The van der Waals surface area contributed by atoms with Crippen molar-refractivity contribution in [3.8, 4) is 16.9 Å². The zero-order valence-electron chi connectivity index (χ0n) is 16.0. The van der Waals surface area contributed by atoms with Gasteiger partial charge in [0.05, 0.1) is 0 Å². The highest BCUT2D eigenvalue weighted by Crippen LogP contribution is 2.27. The number of halogens is 4. The molecule has 0 saturated carbocycles. The third kappa shape index (κ3) is 5.08. The Hall–Kier alpha value is -3.55. The van der Waals surface area contributed by atoms with Crippen LogP contribution >= 0.6 is 0 Å². The average Bonchev–Trinajstić information content (AvgIpc) is 2.72. The minimum Gasteiger partial charge on any atom is -0.418 e. The Morgan fingerprint density at radius 2 is 1.30 bits per heavy atom. The highest BCUT2D eigenvalue weighted by atomic mass is 19.5. The molecule has 0 aliphatic carbocycles. The van der Waals surface area contributed by atoms with Crippen molar-refractivity contribution < 1.29 is 26.7 Å². The van der Waals surface area contributed by atoms with Crippen molar-refractivity contribution in [3.63, 3.8) is 0 Å². The molecule has 0 aliphatic rings. The summed E-state index contributed by atoms with van der Waals surface area (Å²) >= 11 is 0. The minimum absolute atomic E-state index is 0.0298. The van der Waals surface area contributed by atoms with E-state index in [0.717, 1.165) is 27.8 Å². The molecule has 3 nitrogen and oxygen atoms in total. The highest BCUT2D eigenvalue weighted by molar-refractivity contribution is 6.50. The van der Waals surface area contributed by atoms with Gasteiger partial charge >= 0.3 is 7.25 Å². The number of benzene rings is 3. The normalized spacial score (nSPS) is 11.0. The fourth-order valence-electron chi connectivity index (χ4n) is 3.14. The number of Topliss-reactive ketones (excluding diaryl/α,β-unsaturated/α-hetero) is 1. The number of aromatic nitrogens is 2. The van der Waals surface area contributed by atoms with Gasteiger partial charge in [-0.15, -0.1) is 0 Å². The first-order chi connectivity index (χ1) is 14.3. The van der Waals surface area contributed by atoms with Crippen molar-refractivity contribution in [1.29, 1.82) is 0 Å². The van der Waals surface area contributed by atoms with Crippen molar-refractivity contribution in [3.05, 3.63) is 90.5 Å². The van der Waals surface area contributed by atoms with E-state index in [0.29, 0.717) is 5.56 Å². The summed E-state index contributed by atoms with van der Waals surface area (Å²) in [5.41, 5.74) is 4.21. The fourth-order valence-corrected chi connectivity index (χ4v) is 3.14. The summed E-state index contributed by atoms with van der Waals surface area (Å²) in [6.07, 6.45) is 0. The van der Waals surface area contributed by atoms with E-state index in [2.05, 4.69) is 0 Å². The second-order valence-electron chi connectivity index (χ2n) is 6.41. The van der Waals surface area contributed by atoms with Crippen molar-refractivity contribution >= 4 is 23.9 Å². The van der Waals surface area contributed by atoms with Gasteiger partial charge < -0.3 is 17.3 Å². The van der Waals surface area contributed by atoms with Crippen LogP contribution in [0.5, 0.6) is 0 Å². The third-order valence-corrected chi connectivity index (χ3v) is 4.23. The number of nitrogens with zero attached hydrogens (tertiary/aromatic N) is 2. The van der Waals surface area contributed by atoms with Crippen molar-refractivity contribution in [1.82, 2.24) is 5.10 Å². The Labute approximate surface area is 170 Å². The molecule has 1 heterocycles. The second kappa shape index (κ2) is 8.86. The number of carbonyl (C=O) groups excluding carboxylic acids is 1. The standard InChI is InChI=1S/C22H17N2O.BF4/c1-16(25)21-19-14-8-9-15-20(19)23-24(18-12-6-3-7-13-18)22(21)17-10-4-2-5-11-17;2-1(3,4)5/h2-15H,1H3;/q+1;-1. The quantitative estimate of drug-likeness (QED) is 0.188. The lowest BCUT2D eigenvalue weighted by Crippen LogP contribution is -2.39. The zero-order valence-corrected chi connectivity index (χ0v) is 16.0. The smallest absolute Gasteiger partial charge is 0.418 e. The summed E-state index contributed by atoms with van der Waals surface area (Å²) in [6.45, 7) is 1.61. The van der Waals surface area contributed by atoms with Gasteiger partial charge in [0.15, 0.2) is 5.78 Å². The maximum atomic E-state index is 12.6. The zero-order chi connectivity index (χ0) is 21.7. The predicted octanol–water partition coefficient (Wildman–Crippen LogP) is 5.68. The number of carbonyl (C=O) groups is 1. The molecule has 0 bridgehead atoms. The Morgan fingerprint density at radius 3 is 1.87 bits per heavy atom. The van der Waals surface area contributed by atoms with Crippen LogP contribution in [0.3, 0.4) is 0 Å². The van der Waals surface area contributed by atoms with Gasteiger partial charge in [0.2, 0.25) is 5.69 Å². The van der Waals surface area contributed by atoms with Gasteiger partial charge in [0.25, 0.3) is 5.69 Å². The van der Waals surface area contributed by atoms with Crippen molar-refractivity contribution in [2.45, 2.75) is 6.92 Å². The van der Waals surface area contributed by atoms with E-state index < -0.39 is 7.25 Å². The fraction of sp³-hybridized carbons (Fsp3) is 0.0455. The first-order valence-corrected chi connectivity index (χ1v) is 9.10. The molecule has 0 N–H and O–H groups in total. The second-order valence-corrected chi connectivity index (χ2v) is 6.41.